The Morgan fingerprint density at radius 2 is 2.06 bits per heavy atom. The van der Waals surface area contributed by atoms with Gasteiger partial charge in [-0.25, -0.2) is 0 Å². The molecule has 2 rings (SSSR count). The lowest BCUT2D eigenvalue weighted by Gasteiger charge is -2.20. The SMILES string of the molecule is O=C1C(=O)N(CCCCCCl)C2=C1C=CCC2. The molecule has 0 aromatic carbocycles. The molecule has 1 aliphatic heterocycles. The van der Waals surface area contributed by atoms with E-state index in [9.17, 15) is 9.59 Å². The molecule has 1 aliphatic carbocycles. The summed E-state index contributed by atoms with van der Waals surface area (Å²) in [5, 5.41) is 0. The molecule has 2 aliphatic rings. The molecule has 0 aromatic heterocycles. The molecule has 92 valence electrons. The van der Waals surface area contributed by atoms with E-state index >= 15 is 0 Å². The van der Waals surface area contributed by atoms with E-state index in [4.69, 9.17) is 11.6 Å². The lowest BCUT2D eigenvalue weighted by molar-refractivity contribution is -0.139. The first-order valence-corrected chi connectivity index (χ1v) is 6.61. The van der Waals surface area contributed by atoms with Gasteiger partial charge in [0.25, 0.3) is 11.7 Å². The van der Waals surface area contributed by atoms with Crippen LogP contribution in [0, 0.1) is 0 Å². The first-order chi connectivity index (χ1) is 8.25. The average Bonchev–Trinajstić information content (AvgIpc) is 2.60. The lowest BCUT2D eigenvalue weighted by Crippen LogP contribution is -2.29. The van der Waals surface area contributed by atoms with Crippen molar-refractivity contribution in [3.05, 3.63) is 23.4 Å². The Kier molecular flexibility index (Phi) is 4.00. The molecule has 0 unspecified atom stereocenters. The normalized spacial score (nSPS) is 19.2. The van der Waals surface area contributed by atoms with E-state index in [0.717, 1.165) is 37.8 Å². The minimum atomic E-state index is -0.354. The molecule has 0 spiro atoms. The second kappa shape index (κ2) is 5.50. The standard InChI is InChI=1S/C13H16ClNO2/c14-8-4-1-5-9-15-11-7-3-2-6-10(11)12(16)13(15)17/h2,6H,1,3-5,7-9H2. The summed E-state index contributed by atoms with van der Waals surface area (Å²) in [6, 6.07) is 0. The summed E-state index contributed by atoms with van der Waals surface area (Å²) >= 11 is 5.61. The Hall–Kier alpha value is -1.09. The first-order valence-electron chi connectivity index (χ1n) is 6.07. The summed E-state index contributed by atoms with van der Waals surface area (Å²) in [6.45, 7) is 0.647. The monoisotopic (exact) mass is 253 g/mol. The van der Waals surface area contributed by atoms with Gasteiger partial charge in [-0.2, -0.15) is 0 Å². The number of unbranched alkanes of at least 4 members (excludes halogenated alkanes) is 2. The van der Waals surface area contributed by atoms with Crippen LogP contribution in [0.25, 0.3) is 0 Å². The maximum atomic E-state index is 11.8. The molecule has 0 atom stereocenters. The van der Waals surface area contributed by atoms with Crippen molar-refractivity contribution < 1.29 is 9.59 Å². The van der Waals surface area contributed by atoms with Crippen LogP contribution in [-0.2, 0) is 9.59 Å². The average molecular weight is 254 g/mol. The molecule has 4 heteroatoms. The molecular weight excluding hydrogens is 238 g/mol. The topological polar surface area (TPSA) is 37.4 Å². The molecule has 0 N–H and O–H groups in total. The van der Waals surface area contributed by atoms with Gasteiger partial charge in [-0.05, 0) is 25.7 Å². The summed E-state index contributed by atoms with van der Waals surface area (Å²) in [4.78, 5) is 25.2. The minimum Gasteiger partial charge on any atom is -0.309 e. The minimum absolute atomic E-state index is 0.340. The third-order valence-corrected chi connectivity index (χ3v) is 3.44. The molecule has 17 heavy (non-hydrogen) atoms. The molecule has 1 heterocycles. The Morgan fingerprint density at radius 1 is 1.24 bits per heavy atom. The van der Waals surface area contributed by atoms with Crippen molar-refractivity contribution in [2.24, 2.45) is 0 Å². The van der Waals surface area contributed by atoms with Gasteiger partial charge in [-0.1, -0.05) is 18.6 Å². The number of allylic oxidation sites excluding steroid dienone is 3. The van der Waals surface area contributed by atoms with Crippen LogP contribution in [0.4, 0.5) is 0 Å². The van der Waals surface area contributed by atoms with E-state index in [0.29, 0.717) is 18.0 Å². The summed E-state index contributed by atoms with van der Waals surface area (Å²) < 4.78 is 0. The van der Waals surface area contributed by atoms with Crippen molar-refractivity contribution in [3.63, 3.8) is 0 Å². The van der Waals surface area contributed by atoms with Crippen LogP contribution in [0.1, 0.15) is 32.1 Å². The van der Waals surface area contributed by atoms with E-state index in [2.05, 4.69) is 0 Å². The number of hydrogen-bond donors (Lipinski definition) is 0. The van der Waals surface area contributed by atoms with E-state index in [1.165, 1.54) is 0 Å². The summed E-state index contributed by atoms with van der Waals surface area (Å²) in [5.74, 6) is -0.0375. The fourth-order valence-corrected chi connectivity index (χ4v) is 2.47. The Bertz CT molecular complexity index is 398. The van der Waals surface area contributed by atoms with E-state index in [-0.39, 0.29) is 11.7 Å². The fraction of sp³-hybridized carbons (Fsp3) is 0.538. The van der Waals surface area contributed by atoms with Crippen LogP contribution < -0.4 is 0 Å². The second-order valence-corrected chi connectivity index (χ2v) is 4.71. The fourth-order valence-electron chi connectivity index (χ4n) is 2.28. The van der Waals surface area contributed by atoms with Gasteiger partial charge in [0.05, 0.1) is 0 Å². The Morgan fingerprint density at radius 3 is 2.82 bits per heavy atom. The Balaban J connectivity index is 2.01. The molecular formula is C13H16ClNO2. The third-order valence-electron chi connectivity index (χ3n) is 3.17. The van der Waals surface area contributed by atoms with E-state index in [1.54, 1.807) is 11.0 Å². The number of hydrogen-bond acceptors (Lipinski definition) is 2. The second-order valence-electron chi connectivity index (χ2n) is 4.34. The van der Waals surface area contributed by atoms with Crippen molar-refractivity contribution in [1.82, 2.24) is 4.90 Å². The number of nitrogens with zero attached hydrogens (tertiary/aromatic N) is 1. The highest BCUT2D eigenvalue weighted by molar-refractivity contribution is 6.46. The van der Waals surface area contributed by atoms with E-state index < -0.39 is 0 Å². The van der Waals surface area contributed by atoms with Crippen molar-refractivity contribution in [2.45, 2.75) is 32.1 Å². The molecule has 0 saturated heterocycles. The van der Waals surface area contributed by atoms with Gasteiger partial charge < -0.3 is 4.90 Å². The zero-order valence-corrected chi connectivity index (χ0v) is 10.5. The Labute approximate surface area is 106 Å². The van der Waals surface area contributed by atoms with Crippen LogP contribution in [0.5, 0.6) is 0 Å². The highest BCUT2D eigenvalue weighted by Gasteiger charge is 2.36. The first kappa shape index (κ1) is 12.4. The largest absolute Gasteiger partial charge is 0.309 e. The molecule has 0 bridgehead atoms. The molecule has 1 amide bonds. The quantitative estimate of drug-likeness (QED) is 0.429. The van der Waals surface area contributed by atoms with Crippen molar-refractivity contribution in [1.29, 1.82) is 0 Å². The predicted molar refractivity (Wildman–Crippen MR) is 66.7 cm³/mol. The smallest absolute Gasteiger partial charge is 0.299 e. The van der Waals surface area contributed by atoms with E-state index in [1.807, 2.05) is 6.08 Å². The summed E-state index contributed by atoms with van der Waals surface area (Å²) in [6.07, 6.45) is 8.34. The number of Topliss-reactive ketones (excluding diaryl/α,β-unsaturated/α-hetero) is 1. The van der Waals surface area contributed by atoms with Gasteiger partial charge in [0.2, 0.25) is 0 Å². The lowest BCUT2D eigenvalue weighted by atomic mass is 10.0. The van der Waals surface area contributed by atoms with Crippen LogP contribution in [0.15, 0.2) is 23.4 Å². The molecule has 0 fully saturated rings. The van der Waals surface area contributed by atoms with Gasteiger partial charge >= 0.3 is 0 Å². The van der Waals surface area contributed by atoms with Gasteiger partial charge in [0.1, 0.15) is 0 Å². The maximum Gasteiger partial charge on any atom is 0.299 e. The van der Waals surface area contributed by atoms with Crippen LogP contribution in [-0.4, -0.2) is 29.0 Å². The third kappa shape index (κ3) is 2.44. The number of alkyl halides is 1. The molecule has 3 nitrogen and oxygen atoms in total. The van der Waals surface area contributed by atoms with Gasteiger partial charge in [0.15, 0.2) is 0 Å². The zero-order valence-electron chi connectivity index (χ0n) is 9.75. The van der Waals surface area contributed by atoms with Crippen molar-refractivity contribution in [2.75, 3.05) is 12.4 Å². The van der Waals surface area contributed by atoms with Crippen molar-refractivity contribution in [3.8, 4) is 0 Å². The van der Waals surface area contributed by atoms with Crippen molar-refractivity contribution >= 4 is 23.3 Å². The summed E-state index contributed by atoms with van der Waals surface area (Å²) in [7, 11) is 0. The van der Waals surface area contributed by atoms with Gasteiger partial charge in [-0.15, -0.1) is 11.6 Å². The highest BCUT2D eigenvalue weighted by atomic mass is 35.5. The van der Waals surface area contributed by atoms with Gasteiger partial charge in [0, 0.05) is 23.7 Å². The number of rotatable bonds is 5. The maximum absolute atomic E-state index is 11.8. The molecule has 0 saturated carbocycles. The number of amides is 1. The van der Waals surface area contributed by atoms with Crippen LogP contribution in [0.2, 0.25) is 0 Å². The molecule has 0 radical (unpaired) electrons. The number of halogens is 1. The van der Waals surface area contributed by atoms with Crippen LogP contribution >= 0.6 is 11.6 Å². The number of carbonyl (C=O) groups excluding carboxylic acids is 2. The van der Waals surface area contributed by atoms with Crippen LogP contribution in [0.3, 0.4) is 0 Å². The number of ketones is 1. The predicted octanol–water partition coefficient (Wildman–Crippen LogP) is 2.41. The molecule has 0 aromatic rings. The van der Waals surface area contributed by atoms with Gasteiger partial charge in [-0.3, -0.25) is 9.59 Å². The number of carbonyl (C=O) groups is 2. The summed E-state index contributed by atoms with van der Waals surface area (Å²) in [5.41, 5.74) is 1.53. The highest BCUT2D eigenvalue weighted by Crippen LogP contribution is 2.29. The zero-order chi connectivity index (χ0) is 12.3.